The molecule has 8 heteroatoms. The van der Waals surface area contributed by atoms with Gasteiger partial charge in [-0.15, -0.1) is 0 Å². The first-order valence-electron chi connectivity index (χ1n) is 8.39. The number of rotatable bonds is 3. The van der Waals surface area contributed by atoms with E-state index in [0.29, 0.717) is 24.2 Å². The summed E-state index contributed by atoms with van der Waals surface area (Å²) in [5.74, 6) is -1.01. The number of aromatic carboxylic acids is 1. The van der Waals surface area contributed by atoms with Gasteiger partial charge in [0.15, 0.2) is 0 Å². The van der Waals surface area contributed by atoms with Crippen LogP contribution in [0, 0.1) is 0 Å². The molecule has 1 N–H and O–H groups in total. The molecule has 1 aromatic carbocycles. The van der Waals surface area contributed by atoms with Crippen molar-refractivity contribution >= 4 is 22.9 Å². The molecule has 0 atom stereocenters. The van der Waals surface area contributed by atoms with Crippen molar-refractivity contribution < 1.29 is 14.7 Å². The minimum atomic E-state index is -0.983. The van der Waals surface area contributed by atoms with Crippen molar-refractivity contribution in [2.75, 3.05) is 13.1 Å². The van der Waals surface area contributed by atoms with E-state index in [1.165, 1.54) is 6.20 Å². The van der Waals surface area contributed by atoms with Gasteiger partial charge in [-0.1, -0.05) is 0 Å². The topological polar surface area (TPSA) is 101 Å². The normalized spacial score (nSPS) is 15.3. The second kappa shape index (κ2) is 6.55. The SMILES string of the molecule is O=C(O)c1cnn(C2CCN(C(=O)c3ccc4nccnc4c3)CC2)c1. The van der Waals surface area contributed by atoms with Crippen LogP contribution in [0.1, 0.15) is 39.6 Å². The van der Waals surface area contributed by atoms with Crippen molar-refractivity contribution in [2.24, 2.45) is 0 Å². The van der Waals surface area contributed by atoms with Gasteiger partial charge in [-0.25, -0.2) is 4.79 Å². The van der Waals surface area contributed by atoms with Crippen LogP contribution in [0.2, 0.25) is 0 Å². The van der Waals surface area contributed by atoms with Gasteiger partial charge in [0.25, 0.3) is 5.91 Å². The van der Waals surface area contributed by atoms with E-state index in [0.717, 1.165) is 18.4 Å². The summed E-state index contributed by atoms with van der Waals surface area (Å²) in [6.07, 6.45) is 7.61. The number of carboxylic acid groups (broad SMARTS) is 1. The number of likely N-dealkylation sites (tertiary alicyclic amines) is 1. The van der Waals surface area contributed by atoms with Crippen LogP contribution < -0.4 is 0 Å². The van der Waals surface area contributed by atoms with Gasteiger partial charge in [0.2, 0.25) is 0 Å². The molecule has 26 heavy (non-hydrogen) atoms. The molecule has 0 bridgehead atoms. The number of hydrogen-bond acceptors (Lipinski definition) is 5. The molecule has 8 nitrogen and oxygen atoms in total. The van der Waals surface area contributed by atoms with Crippen molar-refractivity contribution in [3.63, 3.8) is 0 Å². The zero-order chi connectivity index (χ0) is 18.1. The molecule has 0 saturated carbocycles. The summed E-state index contributed by atoms with van der Waals surface area (Å²) in [6, 6.07) is 5.45. The number of amides is 1. The van der Waals surface area contributed by atoms with Gasteiger partial charge in [-0.2, -0.15) is 5.10 Å². The zero-order valence-corrected chi connectivity index (χ0v) is 13.9. The zero-order valence-electron chi connectivity index (χ0n) is 13.9. The van der Waals surface area contributed by atoms with Crippen LogP contribution in [0.5, 0.6) is 0 Å². The highest BCUT2D eigenvalue weighted by molar-refractivity contribution is 5.97. The summed E-state index contributed by atoms with van der Waals surface area (Å²) in [5.41, 5.74) is 2.24. The Bertz CT molecular complexity index is 976. The lowest BCUT2D eigenvalue weighted by Crippen LogP contribution is -2.39. The third-order valence-electron chi connectivity index (χ3n) is 4.69. The number of piperidine rings is 1. The molecule has 0 aliphatic carbocycles. The molecule has 0 unspecified atom stereocenters. The number of hydrogen-bond donors (Lipinski definition) is 1. The van der Waals surface area contributed by atoms with Crippen LogP contribution in [0.25, 0.3) is 11.0 Å². The largest absolute Gasteiger partial charge is 0.478 e. The smallest absolute Gasteiger partial charge is 0.338 e. The van der Waals surface area contributed by atoms with E-state index in [1.807, 2.05) is 4.90 Å². The molecule has 1 aliphatic heterocycles. The van der Waals surface area contributed by atoms with Crippen molar-refractivity contribution in [2.45, 2.75) is 18.9 Å². The highest BCUT2D eigenvalue weighted by Crippen LogP contribution is 2.24. The Morgan fingerprint density at radius 2 is 1.77 bits per heavy atom. The Morgan fingerprint density at radius 3 is 2.46 bits per heavy atom. The van der Waals surface area contributed by atoms with Gasteiger partial charge in [-0.3, -0.25) is 19.4 Å². The van der Waals surface area contributed by atoms with Crippen LogP contribution in [0.15, 0.2) is 43.0 Å². The van der Waals surface area contributed by atoms with E-state index in [4.69, 9.17) is 5.11 Å². The molecule has 1 saturated heterocycles. The van der Waals surface area contributed by atoms with Crippen LogP contribution in [0.4, 0.5) is 0 Å². The molecule has 1 aliphatic rings. The fourth-order valence-corrected chi connectivity index (χ4v) is 3.26. The maximum absolute atomic E-state index is 12.8. The number of carboxylic acids is 1. The van der Waals surface area contributed by atoms with Crippen LogP contribution in [0.3, 0.4) is 0 Å². The van der Waals surface area contributed by atoms with Gasteiger partial charge in [-0.05, 0) is 31.0 Å². The third kappa shape index (κ3) is 3.01. The summed E-state index contributed by atoms with van der Waals surface area (Å²) < 4.78 is 1.69. The lowest BCUT2D eigenvalue weighted by atomic mass is 10.0. The first-order chi connectivity index (χ1) is 12.6. The first kappa shape index (κ1) is 16.2. The first-order valence-corrected chi connectivity index (χ1v) is 8.39. The summed E-state index contributed by atoms with van der Waals surface area (Å²) in [5, 5.41) is 13.1. The van der Waals surface area contributed by atoms with Gasteiger partial charge in [0.1, 0.15) is 0 Å². The summed E-state index contributed by atoms with van der Waals surface area (Å²) in [7, 11) is 0. The molecule has 1 fully saturated rings. The maximum atomic E-state index is 12.8. The predicted molar refractivity (Wildman–Crippen MR) is 92.9 cm³/mol. The number of fused-ring (bicyclic) bond motifs is 1. The fraction of sp³-hybridized carbons (Fsp3) is 0.278. The van der Waals surface area contributed by atoms with Gasteiger partial charge < -0.3 is 10.0 Å². The molecule has 3 aromatic rings. The van der Waals surface area contributed by atoms with E-state index >= 15 is 0 Å². The molecule has 3 heterocycles. The molecule has 1 amide bonds. The quantitative estimate of drug-likeness (QED) is 0.774. The average molecular weight is 351 g/mol. The van der Waals surface area contributed by atoms with Crippen LogP contribution >= 0.6 is 0 Å². The number of nitrogens with zero attached hydrogens (tertiary/aromatic N) is 5. The molecule has 4 rings (SSSR count). The van der Waals surface area contributed by atoms with Crippen molar-refractivity contribution in [3.8, 4) is 0 Å². The van der Waals surface area contributed by atoms with E-state index in [-0.39, 0.29) is 17.5 Å². The predicted octanol–water partition coefficient (Wildman–Crippen LogP) is 2.00. The minimum absolute atomic E-state index is 0.0253. The summed E-state index contributed by atoms with van der Waals surface area (Å²) >= 11 is 0. The molecular weight excluding hydrogens is 334 g/mol. The van der Waals surface area contributed by atoms with E-state index in [2.05, 4.69) is 15.1 Å². The van der Waals surface area contributed by atoms with E-state index < -0.39 is 5.97 Å². The van der Waals surface area contributed by atoms with Gasteiger partial charge in [0, 0.05) is 37.2 Å². The van der Waals surface area contributed by atoms with E-state index in [9.17, 15) is 9.59 Å². The maximum Gasteiger partial charge on any atom is 0.338 e. The van der Waals surface area contributed by atoms with Crippen LogP contribution in [-0.4, -0.2) is 54.7 Å². The van der Waals surface area contributed by atoms with Gasteiger partial charge >= 0.3 is 5.97 Å². The average Bonchev–Trinajstić information content (AvgIpc) is 3.18. The summed E-state index contributed by atoms with van der Waals surface area (Å²) in [4.78, 5) is 34.0. The molecule has 2 aromatic heterocycles. The molecule has 0 spiro atoms. The van der Waals surface area contributed by atoms with Crippen molar-refractivity contribution in [1.29, 1.82) is 0 Å². The minimum Gasteiger partial charge on any atom is -0.478 e. The standard InChI is InChI=1S/C18H17N5O3/c24-17(12-1-2-15-16(9-12)20-6-5-19-15)22-7-3-14(4-8-22)23-11-13(10-21-23)18(25)26/h1-2,5-6,9-11,14H,3-4,7-8H2,(H,25,26). The number of carbonyl (C=O) groups excluding carboxylic acids is 1. The Labute approximate surface area is 149 Å². The second-order valence-corrected chi connectivity index (χ2v) is 6.30. The van der Waals surface area contributed by atoms with Gasteiger partial charge in [0.05, 0.1) is 28.8 Å². The lowest BCUT2D eigenvalue weighted by Gasteiger charge is -2.32. The Kier molecular flexibility index (Phi) is 4.08. The Hall–Kier alpha value is -3.29. The fourth-order valence-electron chi connectivity index (χ4n) is 3.26. The van der Waals surface area contributed by atoms with Crippen molar-refractivity contribution in [3.05, 3.63) is 54.1 Å². The van der Waals surface area contributed by atoms with Crippen LogP contribution in [-0.2, 0) is 0 Å². The highest BCUT2D eigenvalue weighted by atomic mass is 16.4. The Balaban J connectivity index is 1.44. The monoisotopic (exact) mass is 351 g/mol. The highest BCUT2D eigenvalue weighted by Gasteiger charge is 2.25. The van der Waals surface area contributed by atoms with Crippen molar-refractivity contribution in [1.82, 2.24) is 24.6 Å². The molecule has 132 valence electrons. The number of benzene rings is 1. The Morgan fingerprint density at radius 1 is 1.04 bits per heavy atom. The number of aromatic nitrogens is 4. The second-order valence-electron chi connectivity index (χ2n) is 6.30. The summed E-state index contributed by atoms with van der Waals surface area (Å²) in [6.45, 7) is 1.20. The number of carbonyl (C=O) groups is 2. The molecule has 0 radical (unpaired) electrons. The lowest BCUT2D eigenvalue weighted by molar-refractivity contribution is 0.0688. The third-order valence-corrected chi connectivity index (χ3v) is 4.69. The molecular formula is C18H17N5O3. The van der Waals surface area contributed by atoms with E-state index in [1.54, 1.807) is 41.5 Å².